The predicted octanol–water partition coefficient (Wildman–Crippen LogP) is 4.54. The zero-order chi connectivity index (χ0) is 15.4. The zero-order valence-electron chi connectivity index (χ0n) is 11.7. The monoisotopic (exact) mass is 350 g/mol. The minimum atomic E-state index is -0.450. The van der Waals surface area contributed by atoms with Crippen molar-refractivity contribution < 1.29 is 9.66 Å². The van der Waals surface area contributed by atoms with Crippen LogP contribution in [0.3, 0.4) is 0 Å². The summed E-state index contributed by atoms with van der Waals surface area (Å²) in [5, 5.41) is 14.3. The first kappa shape index (κ1) is 15.3. The van der Waals surface area contributed by atoms with Gasteiger partial charge in [0.05, 0.1) is 12.0 Å². The van der Waals surface area contributed by atoms with Gasteiger partial charge < -0.3 is 10.1 Å². The van der Waals surface area contributed by atoms with E-state index in [1.54, 1.807) is 12.1 Å². The Morgan fingerprint density at radius 3 is 2.48 bits per heavy atom. The number of hydrogen-bond acceptors (Lipinski definition) is 4. The molecular formula is C15H15BrN2O3. The Balaban J connectivity index is 2.21. The van der Waals surface area contributed by atoms with Crippen LogP contribution in [-0.2, 0) is 0 Å². The second-order valence-electron chi connectivity index (χ2n) is 4.56. The van der Waals surface area contributed by atoms with Crippen LogP contribution in [-0.4, -0.2) is 12.0 Å². The van der Waals surface area contributed by atoms with E-state index in [-0.39, 0.29) is 17.5 Å². The Labute approximate surface area is 131 Å². The lowest BCUT2D eigenvalue weighted by Crippen LogP contribution is -2.07. The van der Waals surface area contributed by atoms with Crippen LogP contribution in [0.15, 0.2) is 46.9 Å². The molecule has 0 saturated carbocycles. The van der Waals surface area contributed by atoms with Gasteiger partial charge in [-0.15, -0.1) is 0 Å². The van der Waals surface area contributed by atoms with Gasteiger partial charge in [-0.05, 0) is 36.8 Å². The first-order valence-corrected chi connectivity index (χ1v) is 7.15. The van der Waals surface area contributed by atoms with Gasteiger partial charge in [0.25, 0.3) is 0 Å². The lowest BCUT2D eigenvalue weighted by molar-refractivity contribution is -0.385. The summed E-state index contributed by atoms with van der Waals surface area (Å²) in [5.41, 5.74) is 1.72. The molecule has 1 unspecified atom stereocenters. The van der Waals surface area contributed by atoms with Gasteiger partial charge in [0.15, 0.2) is 5.75 Å². The third kappa shape index (κ3) is 3.72. The van der Waals surface area contributed by atoms with E-state index in [1.807, 2.05) is 31.2 Å². The molecule has 6 heteroatoms. The molecule has 0 aliphatic carbocycles. The van der Waals surface area contributed by atoms with Crippen LogP contribution in [0.4, 0.5) is 11.4 Å². The van der Waals surface area contributed by atoms with Gasteiger partial charge in [-0.2, -0.15) is 0 Å². The molecular weight excluding hydrogens is 336 g/mol. The third-order valence-electron chi connectivity index (χ3n) is 3.13. The van der Waals surface area contributed by atoms with Gasteiger partial charge in [-0.3, -0.25) is 10.1 Å². The van der Waals surface area contributed by atoms with Crippen LogP contribution in [0.2, 0.25) is 0 Å². The molecule has 0 saturated heterocycles. The summed E-state index contributed by atoms with van der Waals surface area (Å²) in [6.07, 6.45) is 0. The van der Waals surface area contributed by atoms with Crippen molar-refractivity contribution in [3.8, 4) is 5.75 Å². The maximum Gasteiger partial charge on any atom is 0.312 e. The average molecular weight is 351 g/mol. The van der Waals surface area contributed by atoms with Crippen molar-refractivity contribution in [1.29, 1.82) is 0 Å². The molecule has 0 heterocycles. The predicted molar refractivity (Wildman–Crippen MR) is 85.8 cm³/mol. The maximum atomic E-state index is 11.0. The Hall–Kier alpha value is -2.08. The lowest BCUT2D eigenvalue weighted by atomic mass is 10.1. The number of hydrogen-bond donors (Lipinski definition) is 1. The maximum absolute atomic E-state index is 11.0. The molecule has 0 spiro atoms. The molecule has 2 aromatic carbocycles. The van der Waals surface area contributed by atoms with E-state index >= 15 is 0 Å². The van der Waals surface area contributed by atoms with Crippen molar-refractivity contribution >= 4 is 27.3 Å². The topological polar surface area (TPSA) is 64.4 Å². The van der Waals surface area contributed by atoms with Gasteiger partial charge in [-0.1, -0.05) is 28.1 Å². The van der Waals surface area contributed by atoms with E-state index in [1.165, 1.54) is 13.2 Å². The molecule has 0 aliphatic rings. The standard InChI is InChI=1S/C15H15BrN2O3/c1-10(11-3-5-12(16)6-4-11)17-13-7-8-15(21-2)14(9-13)18(19)20/h3-10,17H,1-2H3. The first-order valence-electron chi connectivity index (χ1n) is 6.35. The molecule has 0 aliphatic heterocycles. The molecule has 1 atom stereocenters. The van der Waals surface area contributed by atoms with Gasteiger partial charge in [-0.25, -0.2) is 0 Å². The fourth-order valence-electron chi connectivity index (χ4n) is 2.01. The normalized spacial score (nSPS) is 11.8. The van der Waals surface area contributed by atoms with E-state index in [0.29, 0.717) is 5.69 Å². The molecule has 0 aromatic heterocycles. The van der Waals surface area contributed by atoms with Gasteiger partial charge in [0.2, 0.25) is 0 Å². The van der Waals surface area contributed by atoms with Crippen LogP contribution in [0.5, 0.6) is 5.75 Å². The highest BCUT2D eigenvalue weighted by atomic mass is 79.9. The van der Waals surface area contributed by atoms with Crippen molar-refractivity contribution in [2.24, 2.45) is 0 Å². The number of ether oxygens (including phenoxy) is 1. The number of benzene rings is 2. The van der Waals surface area contributed by atoms with E-state index < -0.39 is 4.92 Å². The molecule has 5 nitrogen and oxygen atoms in total. The smallest absolute Gasteiger partial charge is 0.312 e. The summed E-state index contributed by atoms with van der Waals surface area (Å²) in [5.74, 6) is 0.252. The van der Waals surface area contributed by atoms with Crippen molar-refractivity contribution in [1.82, 2.24) is 0 Å². The first-order chi connectivity index (χ1) is 10.0. The number of methoxy groups -OCH3 is 1. The van der Waals surface area contributed by atoms with Crippen molar-refractivity contribution in [3.63, 3.8) is 0 Å². The van der Waals surface area contributed by atoms with Crippen molar-refractivity contribution in [3.05, 3.63) is 62.6 Å². The van der Waals surface area contributed by atoms with E-state index in [9.17, 15) is 10.1 Å². The molecule has 0 fully saturated rings. The summed E-state index contributed by atoms with van der Waals surface area (Å²) in [4.78, 5) is 10.6. The number of nitrogens with zero attached hydrogens (tertiary/aromatic N) is 1. The van der Waals surface area contributed by atoms with E-state index in [2.05, 4.69) is 21.2 Å². The minimum absolute atomic E-state index is 0.0334. The summed E-state index contributed by atoms with van der Waals surface area (Å²) < 4.78 is 6.00. The number of halogens is 1. The average Bonchev–Trinajstić information content (AvgIpc) is 2.47. The fraction of sp³-hybridized carbons (Fsp3) is 0.200. The lowest BCUT2D eigenvalue weighted by Gasteiger charge is -2.16. The number of nitro groups is 1. The van der Waals surface area contributed by atoms with Crippen LogP contribution in [0, 0.1) is 10.1 Å². The molecule has 1 N–H and O–H groups in total. The highest BCUT2D eigenvalue weighted by Gasteiger charge is 2.16. The SMILES string of the molecule is COc1ccc(NC(C)c2ccc(Br)cc2)cc1[N+](=O)[O-]. The van der Waals surface area contributed by atoms with Gasteiger partial charge in [0.1, 0.15) is 0 Å². The van der Waals surface area contributed by atoms with Crippen molar-refractivity contribution in [2.45, 2.75) is 13.0 Å². The molecule has 0 amide bonds. The molecule has 110 valence electrons. The molecule has 0 bridgehead atoms. The zero-order valence-corrected chi connectivity index (χ0v) is 13.3. The molecule has 2 aromatic rings. The number of nitrogens with one attached hydrogen (secondary N) is 1. The summed E-state index contributed by atoms with van der Waals surface area (Å²) in [7, 11) is 1.42. The van der Waals surface area contributed by atoms with E-state index in [0.717, 1.165) is 10.0 Å². The number of anilines is 1. The Kier molecular flexibility index (Phi) is 4.80. The Bertz CT molecular complexity index is 644. The fourth-order valence-corrected chi connectivity index (χ4v) is 2.27. The summed E-state index contributed by atoms with van der Waals surface area (Å²) >= 11 is 3.39. The summed E-state index contributed by atoms with van der Waals surface area (Å²) in [6, 6.07) is 12.8. The number of rotatable bonds is 5. The van der Waals surface area contributed by atoms with Crippen LogP contribution < -0.4 is 10.1 Å². The quantitative estimate of drug-likeness (QED) is 0.635. The van der Waals surface area contributed by atoms with Gasteiger partial charge >= 0.3 is 5.69 Å². The Morgan fingerprint density at radius 2 is 1.90 bits per heavy atom. The Morgan fingerprint density at radius 1 is 1.24 bits per heavy atom. The van der Waals surface area contributed by atoms with Crippen LogP contribution in [0.1, 0.15) is 18.5 Å². The van der Waals surface area contributed by atoms with Crippen LogP contribution >= 0.6 is 15.9 Å². The second kappa shape index (κ2) is 6.58. The number of nitro benzene ring substituents is 1. The largest absolute Gasteiger partial charge is 0.490 e. The van der Waals surface area contributed by atoms with Crippen molar-refractivity contribution in [2.75, 3.05) is 12.4 Å². The van der Waals surface area contributed by atoms with Gasteiger partial charge in [0, 0.05) is 22.3 Å². The van der Waals surface area contributed by atoms with Crippen LogP contribution in [0.25, 0.3) is 0 Å². The molecule has 0 radical (unpaired) electrons. The molecule has 21 heavy (non-hydrogen) atoms. The minimum Gasteiger partial charge on any atom is -0.490 e. The highest BCUT2D eigenvalue weighted by molar-refractivity contribution is 9.10. The molecule has 2 rings (SSSR count). The second-order valence-corrected chi connectivity index (χ2v) is 5.48. The summed E-state index contributed by atoms with van der Waals surface area (Å²) in [6.45, 7) is 2.00. The van der Waals surface area contributed by atoms with E-state index in [4.69, 9.17) is 4.74 Å². The third-order valence-corrected chi connectivity index (χ3v) is 3.66. The highest BCUT2D eigenvalue weighted by Crippen LogP contribution is 2.31.